The number of nitrogens with one attached hydrogen (secondary N) is 1. The smallest absolute Gasteiger partial charge is 0.292 e. The molecule has 1 amide bonds. The van der Waals surface area contributed by atoms with E-state index in [1.165, 1.54) is 0 Å². The van der Waals surface area contributed by atoms with E-state index in [9.17, 15) is 4.79 Å². The minimum Gasteiger partial charge on any atom is -0.493 e. The van der Waals surface area contributed by atoms with E-state index in [0.717, 1.165) is 11.1 Å². The number of aromatic nitrogens is 2. The third-order valence-electron chi connectivity index (χ3n) is 3.54. The number of methoxy groups -OCH3 is 1. The van der Waals surface area contributed by atoms with Gasteiger partial charge in [0, 0.05) is 17.5 Å². The second-order valence-electron chi connectivity index (χ2n) is 5.65. The van der Waals surface area contributed by atoms with Gasteiger partial charge < -0.3 is 14.5 Å². The van der Waals surface area contributed by atoms with E-state index in [2.05, 4.69) is 10.4 Å². The van der Waals surface area contributed by atoms with Crippen molar-refractivity contribution in [1.29, 1.82) is 0 Å². The van der Waals surface area contributed by atoms with Crippen LogP contribution in [0, 0.1) is 6.92 Å². The number of para-hydroxylation sites is 1. The molecule has 3 aromatic rings. The maximum absolute atomic E-state index is 12.5. The molecular weight excluding hydrogens is 294 g/mol. The van der Waals surface area contributed by atoms with Crippen LogP contribution >= 0.6 is 0 Å². The highest BCUT2D eigenvalue weighted by Crippen LogP contribution is 2.29. The van der Waals surface area contributed by atoms with Gasteiger partial charge in [0.1, 0.15) is 5.82 Å². The Bertz CT molecular complexity index is 861. The zero-order chi connectivity index (χ0) is 16.6. The van der Waals surface area contributed by atoms with E-state index in [-0.39, 0.29) is 17.7 Å². The van der Waals surface area contributed by atoms with Crippen LogP contribution in [0.1, 0.15) is 36.1 Å². The van der Waals surface area contributed by atoms with Gasteiger partial charge in [-0.2, -0.15) is 5.10 Å². The van der Waals surface area contributed by atoms with Crippen molar-refractivity contribution in [3.63, 3.8) is 0 Å². The number of ether oxygens (including phenoxy) is 1. The number of carbonyl (C=O) groups is 1. The highest BCUT2D eigenvalue weighted by molar-refractivity contribution is 6.04. The molecule has 6 nitrogen and oxygen atoms in total. The molecule has 0 aliphatic heterocycles. The second kappa shape index (κ2) is 5.79. The summed E-state index contributed by atoms with van der Waals surface area (Å²) in [6.07, 6.45) is 0. The van der Waals surface area contributed by atoms with Crippen LogP contribution in [0.5, 0.6) is 5.75 Å². The highest BCUT2D eigenvalue weighted by Gasteiger charge is 2.17. The van der Waals surface area contributed by atoms with Crippen LogP contribution in [0.15, 0.2) is 34.7 Å². The molecule has 3 rings (SSSR count). The Morgan fingerprint density at radius 3 is 2.83 bits per heavy atom. The summed E-state index contributed by atoms with van der Waals surface area (Å²) in [5, 5.41) is 8.05. The molecule has 6 heteroatoms. The van der Waals surface area contributed by atoms with Crippen molar-refractivity contribution in [3.8, 4) is 5.75 Å². The lowest BCUT2D eigenvalue weighted by Gasteiger charge is -2.10. The molecular formula is C17H19N3O3. The van der Waals surface area contributed by atoms with E-state index in [0.29, 0.717) is 17.2 Å². The summed E-state index contributed by atoms with van der Waals surface area (Å²) in [4.78, 5) is 12.5. The molecule has 1 aromatic carbocycles. The lowest BCUT2D eigenvalue weighted by Crippen LogP contribution is -2.16. The summed E-state index contributed by atoms with van der Waals surface area (Å²) in [5.74, 6) is 1.17. The molecule has 120 valence electrons. The Hall–Kier alpha value is -2.76. The fourth-order valence-corrected chi connectivity index (χ4v) is 2.49. The number of nitrogens with zero attached hydrogens (tertiary/aromatic N) is 2. The Balaban J connectivity index is 1.92. The van der Waals surface area contributed by atoms with Crippen LogP contribution in [0.3, 0.4) is 0 Å². The monoisotopic (exact) mass is 313 g/mol. The molecule has 0 aliphatic rings. The molecule has 23 heavy (non-hydrogen) atoms. The lowest BCUT2D eigenvalue weighted by molar-refractivity contribution is 0.0997. The summed E-state index contributed by atoms with van der Waals surface area (Å²) >= 11 is 0. The summed E-state index contributed by atoms with van der Waals surface area (Å²) in [5.41, 5.74) is 1.41. The van der Waals surface area contributed by atoms with Gasteiger partial charge in [0.2, 0.25) is 0 Å². The minimum absolute atomic E-state index is 0.148. The van der Waals surface area contributed by atoms with Crippen LogP contribution in [0.2, 0.25) is 0 Å². The van der Waals surface area contributed by atoms with Crippen molar-refractivity contribution in [2.45, 2.75) is 26.8 Å². The minimum atomic E-state index is -0.315. The molecule has 0 saturated heterocycles. The maximum atomic E-state index is 12.5. The molecule has 0 spiro atoms. The van der Waals surface area contributed by atoms with Crippen LogP contribution in [-0.2, 0) is 0 Å². The van der Waals surface area contributed by atoms with Gasteiger partial charge in [-0.25, -0.2) is 4.68 Å². The van der Waals surface area contributed by atoms with Gasteiger partial charge in [0.25, 0.3) is 5.91 Å². The second-order valence-corrected chi connectivity index (χ2v) is 5.65. The molecule has 2 heterocycles. The Labute approximate surface area is 134 Å². The first kappa shape index (κ1) is 15.1. The van der Waals surface area contributed by atoms with Gasteiger partial charge in [-0.1, -0.05) is 12.1 Å². The van der Waals surface area contributed by atoms with Gasteiger partial charge in [-0.15, -0.1) is 0 Å². The van der Waals surface area contributed by atoms with Crippen LogP contribution < -0.4 is 10.1 Å². The molecule has 0 atom stereocenters. The summed E-state index contributed by atoms with van der Waals surface area (Å²) in [6.45, 7) is 5.91. The predicted octanol–water partition coefficient (Wildman–Crippen LogP) is 3.78. The highest BCUT2D eigenvalue weighted by atomic mass is 16.5. The number of anilines is 1. The van der Waals surface area contributed by atoms with Gasteiger partial charge in [-0.05, 0) is 32.9 Å². The first-order valence-corrected chi connectivity index (χ1v) is 7.43. The van der Waals surface area contributed by atoms with Crippen LogP contribution in [-0.4, -0.2) is 22.8 Å². The van der Waals surface area contributed by atoms with Crippen LogP contribution in [0.25, 0.3) is 11.0 Å². The predicted molar refractivity (Wildman–Crippen MR) is 88.1 cm³/mol. The maximum Gasteiger partial charge on any atom is 0.292 e. The molecule has 1 N–H and O–H groups in total. The number of aryl methyl sites for hydroxylation is 1. The van der Waals surface area contributed by atoms with Gasteiger partial charge >= 0.3 is 0 Å². The fraction of sp³-hybridized carbons (Fsp3) is 0.294. The number of benzene rings is 1. The average molecular weight is 313 g/mol. The molecule has 0 radical (unpaired) electrons. The number of hydrogen-bond acceptors (Lipinski definition) is 4. The van der Waals surface area contributed by atoms with Gasteiger partial charge in [-0.3, -0.25) is 4.79 Å². The first-order valence-electron chi connectivity index (χ1n) is 7.43. The largest absolute Gasteiger partial charge is 0.493 e. The molecule has 2 aromatic heterocycles. The number of carbonyl (C=O) groups excluding carboxylic acids is 1. The lowest BCUT2D eigenvalue weighted by atomic mass is 10.2. The molecule has 0 fully saturated rings. The summed E-state index contributed by atoms with van der Waals surface area (Å²) in [6, 6.07) is 9.22. The van der Waals surface area contributed by atoms with E-state index < -0.39 is 0 Å². The normalized spacial score (nSPS) is 11.2. The summed E-state index contributed by atoms with van der Waals surface area (Å²) < 4.78 is 12.7. The quantitative estimate of drug-likeness (QED) is 0.796. The van der Waals surface area contributed by atoms with Crippen molar-refractivity contribution in [3.05, 3.63) is 41.8 Å². The first-order chi connectivity index (χ1) is 11.0. The van der Waals surface area contributed by atoms with Crippen molar-refractivity contribution < 1.29 is 13.9 Å². The topological polar surface area (TPSA) is 69.3 Å². The van der Waals surface area contributed by atoms with Crippen molar-refractivity contribution in [2.24, 2.45) is 0 Å². The molecule has 0 unspecified atom stereocenters. The fourth-order valence-electron chi connectivity index (χ4n) is 2.49. The van der Waals surface area contributed by atoms with Gasteiger partial charge in [0.15, 0.2) is 17.1 Å². The van der Waals surface area contributed by atoms with Crippen molar-refractivity contribution in [1.82, 2.24) is 9.78 Å². The molecule has 0 aliphatic carbocycles. The third-order valence-corrected chi connectivity index (χ3v) is 3.54. The third kappa shape index (κ3) is 2.79. The van der Waals surface area contributed by atoms with Gasteiger partial charge in [0.05, 0.1) is 12.8 Å². The Morgan fingerprint density at radius 1 is 1.35 bits per heavy atom. The van der Waals surface area contributed by atoms with E-state index in [1.54, 1.807) is 23.9 Å². The standard InChI is InChI=1S/C17H19N3O3/c1-10(2)20-15(8-11(3)19-20)18-17(21)14-9-12-6-5-7-13(22-4)16(12)23-14/h5-10H,1-4H3,(H,18,21). The van der Waals surface area contributed by atoms with E-state index >= 15 is 0 Å². The zero-order valence-electron chi connectivity index (χ0n) is 13.6. The van der Waals surface area contributed by atoms with E-state index in [1.807, 2.05) is 39.0 Å². The number of hydrogen-bond donors (Lipinski definition) is 1. The number of fused-ring (bicyclic) bond motifs is 1. The van der Waals surface area contributed by atoms with Crippen molar-refractivity contribution in [2.75, 3.05) is 12.4 Å². The average Bonchev–Trinajstić information content (AvgIpc) is 3.10. The number of furan rings is 1. The Morgan fingerprint density at radius 2 is 2.13 bits per heavy atom. The molecule has 0 saturated carbocycles. The van der Waals surface area contributed by atoms with E-state index in [4.69, 9.17) is 9.15 Å². The number of amides is 1. The number of rotatable bonds is 4. The van der Waals surface area contributed by atoms with Crippen LogP contribution in [0.4, 0.5) is 5.82 Å². The summed E-state index contributed by atoms with van der Waals surface area (Å²) in [7, 11) is 1.57. The Kier molecular flexibility index (Phi) is 3.82. The van der Waals surface area contributed by atoms with Crippen molar-refractivity contribution >= 4 is 22.7 Å². The SMILES string of the molecule is COc1cccc2cc(C(=O)Nc3cc(C)nn3C(C)C)oc12. The molecule has 0 bridgehead atoms. The zero-order valence-corrected chi connectivity index (χ0v) is 13.6.